The first-order valence-corrected chi connectivity index (χ1v) is 13.6. The van der Waals surface area contributed by atoms with Crippen LogP contribution >= 0.6 is 0 Å². The first kappa shape index (κ1) is 32.4. The molecule has 1 fully saturated rings. The second-order valence-electron chi connectivity index (χ2n) is 10.4. The fraction of sp³-hybridized carbons (Fsp3) is 0.433. The van der Waals surface area contributed by atoms with Crippen molar-refractivity contribution in [2.24, 2.45) is 0 Å². The summed E-state index contributed by atoms with van der Waals surface area (Å²) < 4.78 is 8.31. The maximum atomic E-state index is 10.3. The van der Waals surface area contributed by atoms with Gasteiger partial charge in [0.25, 0.3) is 0 Å². The van der Waals surface area contributed by atoms with Crippen LogP contribution in [0.5, 0.6) is 0 Å². The van der Waals surface area contributed by atoms with Crippen LogP contribution in [0, 0.1) is 13.8 Å². The molecule has 12 heteroatoms. The summed E-state index contributed by atoms with van der Waals surface area (Å²) >= 11 is 0. The quantitative estimate of drug-likeness (QED) is 0.233. The minimum absolute atomic E-state index is 0.331. The van der Waals surface area contributed by atoms with Crippen molar-refractivity contribution in [3.05, 3.63) is 83.2 Å². The molecule has 1 unspecified atom stereocenters. The summed E-state index contributed by atoms with van der Waals surface area (Å²) in [6, 6.07) is 12.6. The van der Waals surface area contributed by atoms with Crippen LogP contribution in [0.25, 0.3) is 0 Å². The molecule has 12 nitrogen and oxygen atoms in total. The topological polar surface area (TPSA) is 175 Å². The summed E-state index contributed by atoms with van der Waals surface area (Å²) in [6.45, 7) is 8.86. The molecule has 226 valence electrons. The standard InChI is InChI=1S/C24H30N4O.C6H8O7/c1-19-13-22(20(2)28(19)15-21-7-5-10-25-14-21)16-27(18-24-9-6-12-29-24)17-23-8-3-4-11-26-23;7-3(8)1-6(13,5(11)12)2-4(9)10/h3-5,7-8,10-11,13-14,24H,6,9,12,15-18H2,1-2H3;13H,1-2H2,(H,7,8)(H,9,10)(H,11,12). The molecule has 1 saturated heterocycles. The lowest BCUT2D eigenvalue weighted by Crippen LogP contribution is -2.42. The van der Waals surface area contributed by atoms with Crippen molar-refractivity contribution in [1.82, 2.24) is 19.4 Å². The predicted octanol–water partition coefficient (Wildman–Crippen LogP) is 2.88. The maximum Gasteiger partial charge on any atom is 0.336 e. The van der Waals surface area contributed by atoms with Gasteiger partial charge in [0.15, 0.2) is 5.60 Å². The van der Waals surface area contributed by atoms with Gasteiger partial charge in [0.2, 0.25) is 0 Å². The fourth-order valence-electron chi connectivity index (χ4n) is 4.89. The van der Waals surface area contributed by atoms with Crippen molar-refractivity contribution in [3.8, 4) is 0 Å². The summed E-state index contributed by atoms with van der Waals surface area (Å²) in [6.07, 6.45) is 6.01. The number of aliphatic hydroxyl groups is 1. The van der Waals surface area contributed by atoms with Gasteiger partial charge < -0.3 is 29.7 Å². The molecular weight excluding hydrogens is 544 g/mol. The number of aromatic nitrogens is 3. The third-order valence-corrected chi connectivity index (χ3v) is 7.02. The number of rotatable bonds is 13. The third kappa shape index (κ3) is 9.75. The summed E-state index contributed by atoms with van der Waals surface area (Å²) in [5.41, 5.74) is 3.58. The lowest BCUT2D eigenvalue weighted by molar-refractivity contribution is -0.170. The van der Waals surface area contributed by atoms with Crippen molar-refractivity contribution in [3.63, 3.8) is 0 Å². The zero-order valence-corrected chi connectivity index (χ0v) is 23.8. The van der Waals surface area contributed by atoms with Gasteiger partial charge in [-0.25, -0.2) is 4.79 Å². The smallest absolute Gasteiger partial charge is 0.336 e. The summed E-state index contributed by atoms with van der Waals surface area (Å²) in [7, 11) is 0. The Morgan fingerprint density at radius 2 is 1.79 bits per heavy atom. The molecule has 4 N–H and O–H groups in total. The van der Waals surface area contributed by atoms with Gasteiger partial charge in [0, 0.05) is 62.8 Å². The van der Waals surface area contributed by atoms with Gasteiger partial charge >= 0.3 is 17.9 Å². The van der Waals surface area contributed by atoms with E-state index in [1.54, 1.807) is 0 Å². The normalized spacial score (nSPS) is 14.8. The molecule has 0 aliphatic carbocycles. The number of carbonyl (C=O) groups is 3. The Morgan fingerprint density at radius 1 is 1.05 bits per heavy atom. The van der Waals surface area contributed by atoms with Gasteiger partial charge in [-0.2, -0.15) is 0 Å². The number of ether oxygens (including phenoxy) is 1. The van der Waals surface area contributed by atoms with Gasteiger partial charge in [-0.3, -0.25) is 24.5 Å². The maximum absolute atomic E-state index is 10.3. The highest BCUT2D eigenvalue weighted by Gasteiger charge is 2.40. The molecule has 0 bridgehead atoms. The predicted molar refractivity (Wildman–Crippen MR) is 152 cm³/mol. The second kappa shape index (κ2) is 15.2. The van der Waals surface area contributed by atoms with Crippen LogP contribution in [0.2, 0.25) is 0 Å². The highest BCUT2D eigenvalue weighted by atomic mass is 16.5. The van der Waals surface area contributed by atoms with Crippen LogP contribution in [0.15, 0.2) is 55.0 Å². The van der Waals surface area contributed by atoms with E-state index in [9.17, 15) is 14.4 Å². The third-order valence-electron chi connectivity index (χ3n) is 7.02. The van der Waals surface area contributed by atoms with Crippen molar-refractivity contribution >= 4 is 17.9 Å². The summed E-state index contributed by atoms with van der Waals surface area (Å²) in [4.78, 5) is 41.8. The molecule has 0 aromatic carbocycles. The van der Waals surface area contributed by atoms with E-state index in [0.717, 1.165) is 44.9 Å². The van der Waals surface area contributed by atoms with E-state index in [4.69, 9.17) is 25.2 Å². The Balaban J connectivity index is 0.000000316. The highest BCUT2D eigenvalue weighted by Crippen LogP contribution is 2.22. The minimum Gasteiger partial charge on any atom is -0.481 e. The molecule has 42 heavy (non-hydrogen) atoms. The molecule has 3 aromatic heterocycles. The average Bonchev–Trinajstić information content (AvgIpc) is 3.53. The number of hydrogen-bond donors (Lipinski definition) is 4. The molecule has 1 aliphatic rings. The zero-order valence-electron chi connectivity index (χ0n) is 23.8. The minimum atomic E-state index is -2.74. The summed E-state index contributed by atoms with van der Waals surface area (Å²) in [5.74, 6) is -5.02. The second-order valence-corrected chi connectivity index (χ2v) is 10.4. The Labute approximate surface area is 244 Å². The molecule has 0 amide bonds. The number of carboxylic acid groups (broad SMARTS) is 3. The van der Waals surface area contributed by atoms with Crippen LogP contribution in [0.1, 0.15) is 53.9 Å². The van der Waals surface area contributed by atoms with Crippen molar-refractivity contribution in [2.75, 3.05) is 13.2 Å². The number of aliphatic carboxylic acids is 3. The fourth-order valence-corrected chi connectivity index (χ4v) is 4.89. The first-order valence-electron chi connectivity index (χ1n) is 13.6. The van der Waals surface area contributed by atoms with E-state index in [1.807, 2.05) is 30.7 Å². The van der Waals surface area contributed by atoms with Crippen LogP contribution in [0.4, 0.5) is 0 Å². The number of pyridine rings is 2. The van der Waals surface area contributed by atoms with E-state index in [0.29, 0.717) is 6.10 Å². The van der Waals surface area contributed by atoms with Gasteiger partial charge in [-0.15, -0.1) is 0 Å². The van der Waals surface area contributed by atoms with E-state index in [1.165, 1.54) is 28.9 Å². The van der Waals surface area contributed by atoms with Crippen LogP contribution in [-0.4, -0.2) is 82.6 Å². The van der Waals surface area contributed by atoms with E-state index >= 15 is 0 Å². The largest absolute Gasteiger partial charge is 0.481 e. The number of aryl methyl sites for hydroxylation is 1. The number of nitrogens with zero attached hydrogens (tertiary/aromatic N) is 4. The van der Waals surface area contributed by atoms with Gasteiger partial charge in [-0.05, 0) is 62.1 Å². The van der Waals surface area contributed by atoms with Crippen LogP contribution < -0.4 is 0 Å². The molecule has 1 aliphatic heterocycles. The zero-order chi connectivity index (χ0) is 30.7. The number of carboxylic acids is 3. The molecule has 1 atom stereocenters. The monoisotopic (exact) mass is 582 g/mol. The van der Waals surface area contributed by atoms with Gasteiger partial charge in [0.1, 0.15) is 0 Å². The Morgan fingerprint density at radius 3 is 2.33 bits per heavy atom. The van der Waals surface area contributed by atoms with E-state index in [2.05, 4.69) is 57.5 Å². The van der Waals surface area contributed by atoms with Crippen molar-refractivity contribution in [2.45, 2.75) is 70.9 Å². The van der Waals surface area contributed by atoms with Crippen molar-refractivity contribution in [1.29, 1.82) is 0 Å². The highest BCUT2D eigenvalue weighted by molar-refractivity contribution is 5.88. The first-order chi connectivity index (χ1) is 20.0. The molecule has 3 aromatic rings. The van der Waals surface area contributed by atoms with E-state index in [-0.39, 0.29) is 0 Å². The Kier molecular flexibility index (Phi) is 11.7. The number of hydrogen-bond acceptors (Lipinski definition) is 8. The SMILES string of the molecule is Cc1cc(CN(Cc2ccccn2)CC2CCCO2)c(C)n1Cc1cccnc1.O=C(O)CC(O)(CC(=O)O)C(=O)O. The lowest BCUT2D eigenvalue weighted by Gasteiger charge is -2.25. The Bertz CT molecular complexity index is 1310. The molecule has 0 spiro atoms. The molecule has 4 heterocycles. The van der Waals surface area contributed by atoms with E-state index < -0.39 is 36.4 Å². The molecule has 0 saturated carbocycles. The lowest BCUT2D eigenvalue weighted by atomic mass is 9.96. The molecule has 4 rings (SSSR count). The average molecular weight is 583 g/mol. The van der Waals surface area contributed by atoms with Gasteiger partial charge in [-0.1, -0.05) is 12.1 Å². The summed E-state index contributed by atoms with van der Waals surface area (Å²) in [5, 5.41) is 33.8. The Hall–Kier alpha value is -4.13. The van der Waals surface area contributed by atoms with Crippen LogP contribution in [0.3, 0.4) is 0 Å². The van der Waals surface area contributed by atoms with Crippen molar-refractivity contribution < 1.29 is 39.5 Å². The molecular formula is C30H38N4O8. The van der Waals surface area contributed by atoms with Gasteiger partial charge in [0.05, 0.1) is 24.6 Å². The van der Waals surface area contributed by atoms with Crippen LogP contribution in [-0.2, 0) is 38.8 Å². The molecule has 0 radical (unpaired) electrons.